The number of halogens is 3. The number of likely N-dealkylation sites (tertiary alicyclic amines) is 1. The Hall–Kier alpha value is -4.12. The van der Waals surface area contributed by atoms with Gasteiger partial charge in [-0.05, 0) is 97.3 Å². The molecule has 0 saturated carbocycles. The average Bonchev–Trinajstić information content (AvgIpc) is 3.77. The Morgan fingerprint density at radius 2 is 1.78 bits per heavy atom. The largest absolute Gasteiger partial charge is 0.352 e. The zero-order chi connectivity index (χ0) is 35.9. The van der Waals surface area contributed by atoms with Crippen molar-refractivity contribution in [3.63, 3.8) is 0 Å². The van der Waals surface area contributed by atoms with Crippen molar-refractivity contribution in [3.05, 3.63) is 75.3 Å². The van der Waals surface area contributed by atoms with Crippen molar-refractivity contribution in [2.24, 2.45) is 5.92 Å². The van der Waals surface area contributed by atoms with E-state index in [9.17, 15) is 23.6 Å². The lowest BCUT2D eigenvalue weighted by Gasteiger charge is -2.28. The summed E-state index contributed by atoms with van der Waals surface area (Å²) in [5.74, 6) is -1.25. The summed E-state index contributed by atoms with van der Waals surface area (Å²) in [7, 11) is 0. The Morgan fingerprint density at radius 1 is 1.04 bits per heavy atom. The summed E-state index contributed by atoms with van der Waals surface area (Å²) in [5.41, 5.74) is 4.11. The van der Waals surface area contributed by atoms with Crippen molar-refractivity contribution in [1.82, 2.24) is 34.9 Å². The van der Waals surface area contributed by atoms with Crippen LogP contribution in [0.1, 0.15) is 60.0 Å². The highest BCUT2D eigenvalue weighted by Crippen LogP contribution is 2.36. The van der Waals surface area contributed by atoms with Gasteiger partial charge in [-0.2, -0.15) is 5.10 Å². The maximum atomic E-state index is 14.3. The number of rotatable bonds is 9. The van der Waals surface area contributed by atoms with E-state index in [4.69, 9.17) is 0 Å². The predicted molar refractivity (Wildman–Crippen MR) is 197 cm³/mol. The predicted octanol–water partition coefficient (Wildman–Crippen LogP) is 5.92. The maximum absolute atomic E-state index is 14.3. The molecule has 0 bridgehead atoms. The molecule has 12 nitrogen and oxygen atoms in total. The summed E-state index contributed by atoms with van der Waals surface area (Å²) in [6.45, 7) is 6.83. The highest BCUT2D eigenvalue weighted by molar-refractivity contribution is 14.1. The number of aromatic nitrogens is 5. The van der Waals surface area contributed by atoms with E-state index >= 15 is 0 Å². The Morgan fingerprint density at radius 3 is 2.46 bits per heavy atom. The quantitative estimate of drug-likeness (QED) is 0.0693. The van der Waals surface area contributed by atoms with Crippen molar-refractivity contribution < 1.29 is 23.6 Å². The molecule has 1 aliphatic heterocycles. The smallest absolute Gasteiger partial charge is 0.249 e. The number of allylic oxidation sites excluding steroid dienone is 1. The van der Waals surface area contributed by atoms with Gasteiger partial charge in [0.05, 0.1) is 9.57 Å². The molecule has 260 valence electrons. The summed E-state index contributed by atoms with van der Waals surface area (Å²) in [6, 6.07) is 6.46. The number of hydrogen-bond donors (Lipinski definition) is 2. The standard InChI is InChI=1S/C35H35BrFIN8O4/c1-17-8-9-28(36)42-33(17)43-35(50)27-12-22(13-41-34(49)24-6-5-7-26(24)37)32(38)46(27)29(48)16-45-31-18(2)10-21(23-14-39-20(4)40-15-23)11-25(31)30(44-45)19(3)47/h8-11,14-15,22,27,32H,5-7,12-13,16H2,1-4H3,(H,41,49)(H,42,43,50)/t22-,27+,32+/m1/s1. The Balaban J connectivity index is 1.31. The number of alkyl halides is 1. The van der Waals surface area contributed by atoms with Gasteiger partial charge in [-0.15, -0.1) is 0 Å². The first-order valence-electron chi connectivity index (χ1n) is 16.2. The molecule has 2 aliphatic rings. The van der Waals surface area contributed by atoms with Gasteiger partial charge < -0.3 is 15.5 Å². The lowest BCUT2D eigenvalue weighted by Crippen LogP contribution is -2.47. The highest BCUT2D eigenvalue weighted by Gasteiger charge is 2.46. The van der Waals surface area contributed by atoms with Gasteiger partial charge in [0, 0.05) is 48.3 Å². The number of aryl methyl sites for hydroxylation is 3. The van der Waals surface area contributed by atoms with Crippen LogP contribution in [-0.4, -0.2) is 69.8 Å². The normalized spacial score (nSPS) is 18.9. The van der Waals surface area contributed by atoms with Gasteiger partial charge in [0.1, 0.15) is 40.4 Å². The molecule has 1 aliphatic carbocycles. The number of nitrogens with one attached hydrogen (secondary N) is 2. The van der Waals surface area contributed by atoms with E-state index in [1.54, 1.807) is 25.4 Å². The summed E-state index contributed by atoms with van der Waals surface area (Å²) in [4.78, 5) is 68.3. The van der Waals surface area contributed by atoms with E-state index in [2.05, 4.69) is 69.2 Å². The molecular formula is C35H35BrFIN8O4. The number of ketones is 1. The van der Waals surface area contributed by atoms with Crippen LogP contribution in [0, 0.1) is 26.7 Å². The molecule has 3 amide bonds. The van der Waals surface area contributed by atoms with Crippen LogP contribution in [0.4, 0.5) is 10.2 Å². The zero-order valence-corrected chi connectivity index (χ0v) is 31.6. The van der Waals surface area contributed by atoms with Gasteiger partial charge in [0.15, 0.2) is 5.78 Å². The van der Waals surface area contributed by atoms with Crippen LogP contribution >= 0.6 is 38.5 Å². The average molecular weight is 858 g/mol. The van der Waals surface area contributed by atoms with Crippen LogP contribution in [0.3, 0.4) is 0 Å². The van der Waals surface area contributed by atoms with E-state index in [0.29, 0.717) is 40.0 Å². The number of Topliss-reactive ketones (excluding diaryl/α,β-unsaturated/α-hetero) is 1. The summed E-state index contributed by atoms with van der Waals surface area (Å²) in [6.07, 6.45) is 4.91. The molecule has 1 aromatic carbocycles. The van der Waals surface area contributed by atoms with E-state index in [1.807, 2.05) is 32.0 Å². The fraction of sp³-hybridized carbons (Fsp3) is 0.371. The molecule has 3 atom stereocenters. The number of amides is 3. The molecule has 50 heavy (non-hydrogen) atoms. The van der Waals surface area contributed by atoms with Crippen molar-refractivity contribution in [1.29, 1.82) is 0 Å². The number of carbonyl (C=O) groups is 4. The third-order valence-electron chi connectivity index (χ3n) is 9.13. The molecule has 3 aromatic heterocycles. The topological polar surface area (TPSA) is 152 Å². The molecule has 0 radical (unpaired) electrons. The first-order valence-corrected chi connectivity index (χ1v) is 18.2. The number of anilines is 1. The SMILES string of the molecule is CC(=O)c1nn(CC(=O)N2[C@H](I)[C@@H](CNC(=O)C3=C(F)CCC3)C[C@H]2C(=O)Nc2nc(Br)ccc2C)c2c(C)cc(-c3cnc(C)nc3)cc12. The second-order valence-electron chi connectivity index (χ2n) is 12.7. The van der Waals surface area contributed by atoms with Gasteiger partial charge in [0.25, 0.3) is 0 Å². The molecule has 6 rings (SSSR count). The van der Waals surface area contributed by atoms with Crippen molar-refractivity contribution in [2.75, 3.05) is 11.9 Å². The third kappa shape index (κ3) is 7.20. The Labute approximate surface area is 310 Å². The lowest BCUT2D eigenvalue weighted by atomic mass is 10.0. The number of benzene rings is 1. The van der Waals surface area contributed by atoms with Crippen molar-refractivity contribution in [3.8, 4) is 11.1 Å². The minimum absolute atomic E-state index is 0.148. The third-order valence-corrected chi connectivity index (χ3v) is 11.2. The van der Waals surface area contributed by atoms with Crippen molar-refractivity contribution >= 4 is 78.7 Å². The van der Waals surface area contributed by atoms with E-state index < -0.39 is 33.6 Å². The summed E-state index contributed by atoms with van der Waals surface area (Å²) < 4.78 is 15.8. The fourth-order valence-corrected chi connectivity index (χ4v) is 8.12. The number of hydrogen-bond acceptors (Lipinski definition) is 8. The van der Waals surface area contributed by atoms with Crippen LogP contribution in [0.25, 0.3) is 22.0 Å². The van der Waals surface area contributed by atoms with E-state index in [-0.39, 0.29) is 48.9 Å². The van der Waals surface area contributed by atoms with Gasteiger partial charge >= 0.3 is 0 Å². The van der Waals surface area contributed by atoms with Crippen LogP contribution in [0.5, 0.6) is 0 Å². The molecule has 0 unspecified atom stereocenters. The van der Waals surface area contributed by atoms with Gasteiger partial charge in [-0.25, -0.2) is 19.3 Å². The highest BCUT2D eigenvalue weighted by atomic mass is 127. The molecule has 1 fully saturated rings. The Bertz CT molecular complexity index is 2070. The van der Waals surface area contributed by atoms with Gasteiger partial charge in [-0.3, -0.25) is 23.9 Å². The monoisotopic (exact) mass is 856 g/mol. The summed E-state index contributed by atoms with van der Waals surface area (Å²) in [5, 5.41) is 10.9. The van der Waals surface area contributed by atoms with E-state index in [0.717, 1.165) is 22.3 Å². The molecule has 4 aromatic rings. The maximum Gasteiger partial charge on any atom is 0.249 e. The molecule has 0 spiro atoms. The number of pyridine rings is 1. The molecule has 4 heterocycles. The molecule has 15 heteroatoms. The zero-order valence-electron chi connectivity index (χ0n) is 27.9. The van der Waals surface area contributed by atoms with Crippen molar-refractivity contribution in [2.45, 2.75) is 70.0 Å². The van der Waals surface area contributed by atoms with E-state index in [1.165, 1.54) is 16.5 Å². The number of fused-ring (bicyclic) bond motifs is 1. The number of carbonyl (C=O) groups excluding carboxylic acids is 4. The van der Waals surface area contributed by atoms with Gasteiger partial charge in [-0.1, -0.05) is 28.7 Å². The molecular weight excluding hydrogens is 822 g/mol. The first-order chi connectivity index (χ1) is 23.8. The summed E-state index contributed by atoms with van der Waals surface area (Å²) >= 11 is 5.47. The van der Waals surface area contributed by atoms with Crippen LogP contribution < -0.4 is 10.6 Å². The van der Waals surface area contributed by atoms with Crippen LogP contribution in [0.15, 0.2) is 52.7 Å². The number of nitrogens with zero attached hydrogens (tertiary/aromatic N) is 6. The van der Waals surface area contributed by atoms with Crippen LogP contribution in [0.2, 0.25) is 0 Å². The second-order valence-corrected chi connectivity index (χ2v) is 14.8. The lowest BCUT2D eigenvalue weighted by molar-refractivity contribution is -0.137. The van der Waals surface area contributed by atoms with Gasteiger partial charge in [0.2, 0.25) is 17.7 Å². The minimum atomic E-state index is -0.905. The fourth-order valence-electron chi connectivity index (χ4n) is 6.56. The molecule has 2 N–H and O–H groups in total. The minimum Gasteiger partial charge on any atom is -0.352 e. The van der Waals surface area contributed by atoms with Crippen LogP contribution in [-0.2, 0) is 20.9 Å². The second kappa shape index (κ2) is 14.6. The Kier molecular flexibility index (Phi) is 10.4. The molecule has 1 saturated heterocycles. The first kappa shape index (κ1) is 35.7.